The van der Waals surface area contributed by atoms with Crippen LogP contribution >= 0.6 is 0 Å². The first-order valence-corrected chi connectivity index (χ1v) is 8.20. The highest BCUT2D eigenvalue weighted by Crippen LogP contribution is 2.27. The van der Waals surface area contributed by atoms with E-state index in [9.17, 15) is 13.6 Å². The Kier molecular flexibility index (Phi) is 7.35. The van der Waals surface area contributed by atoms with Crippen molar-refractivity contribution < 1.29 is 23.0 Å². The van der Waals surface area contributed by atoms with Crippen molar-refractivity contribution in [2.75, 3.05) is 32.6 Å². The number of hydrogen-bond donors (Lipinski definition) is 2. The van der Waals surface area contributed by atoms with Crippen LogP contribution in [0.5, 0.6) is 11.5 Å². The Bertz CT molecular complexity index is 754. The number of benzene rings is 2. The van der Waals surface area contributed by atoms with Gasteiger partial charge >= 0.3 is 0 Å². The summed E-state index contributed by atoms with van der Waals surface area (Å²) >= 11 is 0. The lowest BCUT2D eigenvalue weighted by Crippen LogP contribution is -2.23. The first-order valence-electron chi connectivity index (χ1n) is 8.20. The molecule has 0 atom stereocenters. The fraction of sp³-hybridized carbons (Fsp3) is 0.316. The van der Waals surface area contributed by atoms with Crippen LogP contribution in [0.25, 0.3) is 0 Å². The quantitative estimate of drug-likeness (QED) is 0.671. The number of carbonyl (C=O) groups excluding carboxylic acids is 1. The maximum Gasteiger partial charge on any atom is 0.225 e. The van der Waals surface area contributed by atoms with Gasteiger partial charge in [-0.15, -0.1) is 0 Å². The van der Waals surface area contributed by atoms with Crippen LogP contribution in [0.2, 0.25) is 0 Å². The van der Waals surface area contributed by atoms with Crippen LogP contribution in [0.1, 0.15) is 12.0 Å². The van der Waals surface area contributed by atoms with E-state index in [1.807, 2.05) is 18.2 Å². The number of halogens is 2. The molecule has 5 nitrogen and oxygen atoms in total. The first kappa shape index (κ1) is 19.7. The van der Waals surface area contributed by atoms with Crippen LogP contribution in [0, 0.1) is 11.6 Å². The molecule has 0 saturated heterocycles. The highest BCUT2D eigenvalue weighted by Gasteiger charge is 2.08. The standard InChI is InChI=1S/C19H22F2N2O3/c1-25-17-6-3-13(11-18(17)26-2)7-9-22-10-8-19(24)23-16-5-4-14(20)12-15(16)21/h3-6,11-12,22H,7-10H2,1-2H3,(H,23,24). The summed E-state index contributed by atoms with van der Waals surface area (Å²) in [5.74, 6) is -0.467. The predicted molar refractivity (Wildman–Crippen MR) is 95.7 cm³/mol. The maximum atomic E-state index is 13.5. The average Bonchev–Trinajstić information content (AvgIpc) is 2.63. The number of methoxy groups -OCH3 is 2. The Labute approximate surface area is 151 Å². The van der Waals surface area contributed by atoms with E-state index in [0.717, 1.165) is 24.1 Å². The Morgan fingerprint density at radius 2 is 1.77 bits per heavy atom. The van der Waals surface area contributed by atoms with E-state index in [0.29, 0.717) is 24.6 Å². The Morgan fingerprint density at radius 3 is 2.46 bits per heavy atom. The van der Waals surface area contributed by atoms with Crippen LogP contribution in [-0.4, -0.2) is 33.2 Å². The molecule has 1 amide bonds. The highest BCUT2D eigenvalue weighted by atomic mass is 19.1. The minimum atomic E-state index is -0.792. The van der Waals surface area contributed by atoms with E-state index in [1.165, 1.54) is 6.07 Å². The number of rotatable bonds is 9. The molecule has 0 aliphatic carbocycles. The lowest BCUT2D eigenvalue weighted by molar-refractivity contribution is -0.116. The van der Waals surface area contributed by atoms with E-state index in [4.69, 9.17) is 9.47 Å². The molecular formula is C19H22F2N2O3. The van der Waals surface area contributed by atoms with Gasteiger partial charge in [-0.05, 0) is 42.8 Å². The fourth-order valence-electron chi connectivity index (χ4n) is 2.40. The van der Waals surface area contributed by atoms with Crippen molar-refractivity contribution >= 4 is 11.6 Å². The molecule has 2 aromatic rings. The molecule has 0 unspecified atom stereocenters. The van der Waals surface area contributed by atoms with Crippen LogP contribution in [0.3, 0.4) is 0 Å². The predicted octanol–water partition coefficient (Wildman–Crippen LogP) is 3.14. The summed E-state index contributed by atoms with van der Waals surface area (Å²) in [6.07, 6.45) is 0.942. The molecule has 2 rings (SSSR count). The maximum absolute atomic E-state index is 13.5. The van der Waals surface area contributed by atoms with E-state index in [2.05, 4.69) is 10.6 Å². The molecule has 2 aromatic carbocycles. The van der Waals surface area contributed by atoms with Crippen molar-refractivity contribution in [1.29, 1.82) is 0 Å². The van der Waals surface area contributed by atoms with Gasteiger partial charge in [0.15, 0.2) is 11.5 Å². The molecule has 0 radical (unpaired) electrons. The van der Waals surface area contributed by atoms with Gasteiger partial charge in [-0.1, -0.05) is 6.07 Å². The van der Waals surface area contributed by atoms with E-state index in [1.54, 1.807) is 14.2 Å². The second-order valence-corrected chi connectivity index (χ2v) is 5.61. The molecule has 0 saturated carbocycles. The van der Waals surface area contributed by atoms with Gasteiger partial charge in [0.2, 0.25) is 5.91 Å². The van der Waals surface area contributed by atoms with Gasteiger partial charge in [-0.3, -0.25) is 4.79 Å². The summed E-state index contributed by atoms with van der Waals surface area (Å²) in [5, 5.41) is 5.58. The molecule has 0 aromatic heterocycles. The van der Waals surface area contributed by atoms with E-state index >= 15 is 0 Å². The second kappa shape index (κ2) is 9.72. The number of nitrogens with one attached hydrogen (secondary N) is 2. The molecule has 140 valence electrons. The SMILES string of the molecule is COc1ccc(CCNCCC(=O)Nc2ccc(F)cc2F)cc1OC. The molecule has 26 heavy (non-hydrogen) atoms. The lowest BCUT2D eigenvalue weighted by Gasteiger charge is -2.10. The summed E-state index contributed by atoms with van der Waals surface area (Å²) in [5.41, 5.74) is 1.05. The van der Waals surface area contributed by atoms with Crippen molar-refractivity contribution in [2.45, 2.75) is 12.8 Å². The number of ether oxygens (including phenoxy) is 2. The van der Waals surface area contributed by atoms with Crippen LogP contribution in [0.4, 0.5) is 14.5 Å². The highest BCUT2D eigenvalue weighted by molar-refractivity contribution is 5.90. The molecule has 0 bridgehead atoms. The first-order chi connectivity index (χ1) is 12.5. The summed E-state index contributed by atoms with van der Waals surface area (Å²) in [4.78, 5) is 11.8. The molecule has 0 heterocycles. The molecule has 2 N–H and O–H groups in total. The van der Waals surface area contributed by atoms with Gasteiger partial charge in [0.25, 0.3) is 0 Å². The average molecular weight is 364 g/mol. The van der Waals surface area contributed by atoms with Crippen LogP contribution in [-0.2, 0) is 11.2 Å². The smallest absolute Gasteiger partial charge is 0.225 e. The zero-order valence-corrected chi connectivity index (χ0v) is 14.8. The van der Waals surface area contributed by atoms with Crippen molar-refractivity contribution in [3.05, 3.63) is 53.6 Å². The molecule has 7 heteroatoms. The summed E-state index contributed by atoms with van der Waals surface area (Å²) < 4.78 is 36.7. The summed E-state index contributed by atoms with van der Waals surface area (Å²) in [6.45, 7) is 1.12. The van der Waals surface area contributed by atoms with Gasteiger partial charge in [-0.2, -0.15) is 0 Å². The van der Waals surface area contributed by atoms with E-state index < -0.39 is 11.6 Å². The number of anilines is 1. The number of hydrogen-bond acceptors (Lipinski definition) is 4. The van der Waals surface area contributed by atoms with Gasteiger partial charge in [0.05, 0.1) is 19.9 Å². The molecular weight excluding hydrogens is 342 g/mol. The number of carbonyl (C=O) groups is 1. The number of amides is 1. The van der Waals surface area contributed by atoms with Crippen molar-refractivity contribution in [2.24, 2.45) is 0 Å². The summed E-state index contributed by atoms with van der Waals surface area (Å²) in [6, 6.07) is 8.74. The Hall–Kier alpha value is -2.67. The van der Waals surface area contributed by atoms with Crippen LogP contribution < -0.4 is 20.1 Å². The lowest BCUT2D eigenvalue weighted by atomic mass is 10.1. The minimum Gasteiger partial charge on any atom is -0.493 e. The normalized spacial score (nSPS) is 10.5. The summed E-state index contributed by atoms with van der Waals surface area (Å²) in [7, 11) is 3.17. The third-order valence-corrected chi connectivity index (χ3v) is 3.77. The van der Waals surface area contributed by atoms with Crippen molar-refractivity contribution in [3.63, 3.8) is 0 Å². The fourth-order valence-corrected chi connectivity index (χ4v) is 2.40. The third kappa shape index (κ3) is 5.70. The zero-order chi connectivity index (χ0) is 18.9. The molecule has 0 fully saturated rings. The largest absolute Gasteiger partial charge is 0.493 e. The van der Waals surface area contributed by atoms with Crippen LogP contribution in [0.15, 0.2) is 36.4 Å². The Balaban J connectivity index is 1.71. The second-order valence-electron chi connectivity index (χ2n) is 5.61. The third-order valence-electron chi connectivity index (χ3n) is 3.77. The van der Waals surface area contributed by atoms with Gasteiger partial charge in [-0.25, -0.2) is 8.78 Å². The molecule has 0 spiro atoms. The van der Waals surface area contributed by atoms with Gasteiger partial charge in [0, 0.05) is 19.0 Å². The van der Waals surface area contributed by atoms with Gasteiger partial charge in [0.1, 0.15) is 11.6 Å². The Morgan fingerprint density at radius 1 is 1.00 bits per heavy atom. The van der Waals surface area contributed by atoms with E-state index in [-0.39, 0.29) is 18.0 Å². The van der Waals surface area contributed by atoms with Crippen molar-refractivity contribution in [1.82, 2.24) is 5.32 Å². The topological polar surface area (TPSA) is 59.6 Å². The molecule has 0 aliphatic heterocycles. The molecule has 0 aliphatic rings. The minimum absolute atomic E-state index is 0.0262. The van der Waals surface area contributed by atoms with Crippen molar-refractivity contribution in [3.8, 4) is 11.5 Å². The van der Waals surface area contributed by atoms with Gasteiger partial charge < -0.3 is 20.1 Å². The monoisotopic (exact) mass is 364 g/mol. The zero-order valence-electron chi connectivity index (χ0n) is 14.8.